The number of rotatable bonds is 4. The van der Waals surface area contributed by atoms with Crippen LogP contribution in [0.3, 0.4) is 0 Å². The van der Waals surface area contributed by atoms with Crippen molar-refractivity contribution < 1.29 is 14.0 Å². The van der Waals surface area contributed by atoms with Crippen LogP contribution in [-0.2, 0) is 4.79 Å². The molecular formula is C14H20FN3O2. The van der Waals surface area contributed by atoms with Gasteiger partial charge in [-0.15, -0.1) is 0 Å². The van der Waals surface area contributed by atoms with Gasteiger partial charge in [-0.3, -0.25) is 9.59 Å². The van der Waals surface area contributed by atoms with Crippen LogP contribution in [0.5, 0.6) is 0 Å². The Hall–Kier alpha value is -2.11. The molecule has 0 saturated carbocycles. The minimum Gasteiger partial charge on any atom is -0.398 e. The van der Waals surface area contributed by atoms with Crippen molar-refractivity contribution in [2.75, 3.05) is 19.3 Å². The molecule has 0 aromatic heterocycles. The van der Waals surface area contributed by atoms with E-state index in [-0.39, 0.29) is 17.2 Å². The molecule has 5 nitrogen and oxygen atoms in total. The number of benzene rings is 1. The molecule has 0 heterocycles. The van der Waals surface area contributed by atoms with Crippen molar-refractivity contribution in [3.8, 4) is 0 Å². The van der Waals surface area contributed by atoms with Crippen molar-refractivity contribution in [3.05, 3.63) is 29.1 Å². The van der Waals surface area contributed by atoms with Crippen LogP contribution in [0.25, 0.3) is 0 Å². The molecule has 0 spiro atoms. The van der Waals surface area contributed by atoms with E-state index in [9.17, 15) is 14.0 Å². The fourth-order valence-corrected chi connectivity index (χ4v) is 1.66. The molecule has 0 aliphatic heterocycles. The summed E-state index contributed by atoms with van der Waals surface area (Å²) in [6, 6.07) is 1.83. The Labute approximate surface area is 117 Å². The molecule has 0 aliphatic rings. The lowest BCUT2D eigenvalue weighted by atomic mass is 10.1. The van der Waals surface area contributed by atoms with Crippen LogP contribution in [0.2, 0.25) is 0 Å². The number of nitrogen functional groups attached to an aromatic ring is 1. The van der Waals surface area contributed by atoms with Gasteiger partial charge in [0.15, 0.2) is 0 Å². The lowest BCUT2D eigenvalue weighted by Gasteiger charge is -2.20. The molecule has 1 atom stereocenters. The molecule has 0 fully saturated rings. The molecule has 1 rings (SSSR count). The van der Waals surface area contributed by atoms with Gasteiger partial charge in [-0.05, 0) is 32.9 Å². The van der Waals surface area contributed by atoms with Crippen molar-refractivity contribution >= 4 is 17.5 Å². The van der Waals surface area contributed by atoms with Crippen molar-refractivity contribution in [2.24, 2.45) is 0 Å². The topological polar surface area (TPSA) is 75.4 Å². The molecule has 110 valence electrons. The number of nitrogens with one attached hydrogen (secondary N) is 1. The first-order chi connectivity index (χ1) is 9.27. The van der Waals surface area contributed by atoms with Crippen molar-refractivity contribution in [1.82, 2.24) is 10.2 Å². The van der Waals surface area contributed by atoms with E-state index in [2.05, 4.69) is 5.32 Å². The summed E-state index contributed by atoms with van der Waals surface area (Å²) in [5.74, 6) is -1.28. The van der Waals surface area contributed by atoms with Crippen LogP contribution in [-0.4, -0.2) is 36.3 Å². The van der Waals surface area contributed by atoms with E-state index in [1.165, 1.54) is 17.9 Å². The number of halogens is 1. The lowest BCUT2D eigenvalue weighted by molar-refractivity contribution is -0.131. The zero-order valence-corrected chi connectivity index (χ0v) is 12.2. The normalized spacial score (nSPS) is 11.8. The summed E-state index contributed by atoms with van der Waals surface area (Å²) in [6.45, 7) is 5.50. The average molecular weight is 281 g/mol. The third-order valence-corrected chi connectivity index (χ3v) is 3.22. The molecule has 2 amide bonds. The Kier molecular flexibility index (Phi) is 5.07. The number of hydrogen-bond acceptors (Lipinski definition) is 3. The predicted octanol–water partition coefficient (Wildman–Crippen LogP) is 1.31. The van der Waals surface area contributed by atoms with E-state index in [0.29, 0.717) is 12.1 Å². The predicted molar refractivity (Wildman–Crippen MR) is 75.8 cm³/mol. The highest BCUT2D eigenvalue weighted by molar-refractivity contribution is 5.98. The fourth-order valence-electron chi connectivity index (χ4n) is 1.66. The van der Waals surface area contributed by atoms with Gasteiger partial charge in [-0.2, -0.15) is 0 Å². The van der Waals surface area contributed by atoms with E-state index < -0.39 is 17.8 Å². The molecule has 0 bridgehead atoms. The Bertz CT molecular complexity index is 508. The number of amides is 2. The first kappa shape index (κ1) is 15.9. The standard InChI is InChI=1S/C14H20FN3O2/c1-5-18(4)14(20)9(3)17-13(19)10-6-11(15)8(2)12(16)7-10/h6-7,9H,5,16H2,1-4H3,(H,17,19). The highest BCUT2D eigenvalue weighted by atomic mass is 19.1. The van der Waals surface area contributed by atoms with Crippen LogP contribution in [0, 0.1) is 12.7 Å². The van der Waals surface area contributed by atoms with Gasteiger partial charge in [0.2, 0.25) is 5.91 Å². The molecule has 6 heteroatoms. The van der Waals surface area contributed by atoms with Crippen molar-refractivity contribution in [3.63, 3.8) is 0 Å². The lowest BCUT2D eigenvalue weighted by Crippen LogP contribution is -2.45. The number of hydrogen-bond donors (Lipinski definition) is 2. The van der Waals surface area contributed by atoms with Gasteiger partial charge in [-0.1, -0.05) is 0 Å². The maximum absolute atomic E-state index is 13.5. The average Bonchev–Trinajstić information content (AvgIpc) is 2.42. The van der Waals surface area contributed by atoms with Crippen LogP contribution in [0.15, 0.2) is 12.1 Å². The Balaban J connectivity index is 2.84. The van der Waals surface area contributed by atoms with Gasteiger partial charge in [0.1, 0.15) is 11.9 Å². The zero-order valence-electron chi connectivity index (χ0n) is 12.2. The third kappa shape index (κ3) is 3.46. The van der Waals surface area contributed by atoms with Crippen LogP contribution in [0.4, 0.5) is 10.1 Å². The number of carbonyl (C=O) groups excluding carboxylic acids is 2. The summed E-state index contributed by atoms with van der Waals surface area (Å²) in [5, 5.41) is 2.53. The minimum atomic E-state index is -0.682. The van der Waals surface area contributed by atoms with E-state index in [1.807, 2.05) is 6.92 Å². The van der Waals surface area contributed by atoms with E-state index >= 15 is 0 Å². The van der Waals surface area contributed by atoms with Gasteiger partial charge >= 0.3 is 0 Å². The van der Waals surface area contributed by atoms with Crippen LogP contribution >= 0.6 is 0 Å². The molecule has 0 radical (unpaired) electrons. The summed E-state index contributed by atoms with van der Waals surface area (Å²) < 4.78 is 13.5. The fraction of sp³-hybridized carbons (Fsp3) is 0.429. The van der Waals surface area contributed by atoms with Gasteiger partial charge in [0, 0.05) is 30.4 Å². The van der Waals surface area contributed by atoms with Gasteiger partial charge in [-0.25, -0.2) is 4.39 Å². The second kappa shape index (κ2) is 6.36. The molecule has 1 unspecified atom stereocenters. The van der Waals surface area contributed by atoms with Gasteiger partial charge < -0.3 is 16.0 Å². The summed E-state index contributed by atoms with van der Waals surface area (Å²) in [4.78, 5) is 25.3. The summed E-state index contributed by atoms with van der Waals surface area (Å²) >= 11 is 0. The Morgan fingerprint density at radius 3 is 2.55 bits per heavy atom. The van der Waals surface area contributed by atoms with E-state index in [1.54, 1.807) is 14.0 Å². The van der Waals surface area contributed by atoms with Crippen LogP contribution in [0.1, 0.15) is 29.8 Å². The Morgan fingerprint density at radius 1 is 1.45 bits per heavy atom. The summed E-state index contributed by atoms with van der Waals surface area (Å²) in [7, 11) is 1.65. The van der Waals surface area contributed by atoms with E-state index in [4.69, 9.17) is 5.73 Å². The number of carbonyl (C=O) groups is 2. The monoisotopic (exact) mass is 281 g/mol. The molecule has 20 heavy (non-hydrogen) atoms. The Morgan fingerprint density at radius 2 is 2.05 bits per heavy atom. The van der Waals surface area contributed by atoms with Crippen molar-refractivity contribution in [1.29, 1.82) is 0 Å². The number of anilines is 1. The minimum absolute atomic E-state index is 0.101. The highest BCUT2D eigenvalue weighted by Gasteiger charge is 2.20. The smallest absolute Gasteiger partial charge is 0.252 e. The molecule has 0 saturated heterocycles. The number of likely N-dealkylation sites (N-methyl/N-ethyl adjacent to an activating group) is 1. The molecule has 3 N–H and O–H groups in total. The van der Waals surface area contributed by atoms with E-state index in [0.717, 1.165) is 6.07 Å². The van der Waals surface area contributed by atoms with Gasteiger partial charge in [0.25, 0.3) is 5.91 Å². The first-order valence-electron chi connectivity index (χ1n) is 6.39. The van der Waals surface area contributed by atoms with Gasteiger partial charge in [0.05, 0.1) is 0 Å². The maximum atomic E-state index is 13.5. The summed E-state index contributed by atoms with van der Waals surface area (Å²) in [6.07, 6.45) is 0. The third-order valence-electron chi connectivity index (χ3n) is 3.22. The number of nitrogens with zero attached hydrogens (tertiary/aromatic N) is 1. The zero-order chi connectivity index (χ0) is 15.4. The van der Waals surface area contributed by atoms with Crippen LogP contribution < -0.4 is 11.1 Å². The number of nitrogens with two attached hydrogens (primary N) is 1. The second-order valence-corrected chi connectivity index (χ2v) is 4.72. The quantitative estimate of drug-likeness (QED) is 0.817. The largest absolute Gasteiger partial charge is 0.398 e. The SMILES string of the molecule is CCN(C)C(=O)C(C)NC(=O)c1cc(N)c(C)c(F)c1. The second-order valence-electron chi connectivity index (χ2n) is 4.72. The summed E-state index contributed by atoms with van der Waals surface area (Å²) in [5.41, 5.74) is 6.24. The molecule has 1 aromatic rings. The first-order valence-corrected chi connectivity index (χ1v) is 6.39. The van der Waals surface area contributed by atoms with Crippen molar-refractivity contribution in [2.45, 2.75) is 26.8 Å². The molecule has 1 aromatic carbocycles. The highest BCUT2D eigenvalue weighted by Crippen LogP contribution is 2.17. The molecule has 0 aliphatic carbocycles. The maximum Gasteiger partial charge on any atom is 0.252 e. The molecular weight excluding hydrogens is 261 g/mol.